The molecule has 10 heteroatoms. The minimum atomic E-state index is -1.53. The first kappa shape index (κ1) is 23.8. The van der Waals surface area contributed by atoms with Gasteiger partial charge in [0, 0.05) is 8.59 Å². The Morgan fingerprint density at radius 1 is 0.970 bits per heavy atom. The van der Waals surface area contributed by atoms with E-state index in [0.717, 1.165) is 8.47 Å². The number of carboxylic acid groups (broad SMARTS) is 1. The lowest BCUT2D eigenvalue weighted by Crippen LogP contribution is -2.44. The highest BCUT2D eigenvalue weighted by Gasteiger charge is 2.44. The summed E-state index contributed by atoms with van der Waals surface area (Å²) >= 11 is 20.2. The van der Waals surface area contributed by atoms with Crippen LogP contribution in [0.25, 0.3) is 0 Å². The van der Waals surface area contributed by atoms with Crippen LogP contribution in [0.3, 0.4) is 0 Å². The minimum absolute atomic E-state index is 0.130. The monoisotopic (exact) mass is 614 g/mol. The van der Waals surface area contributed by atoms with Crippen molar-refractivity contribution < 1.29 is 19.5 Å². The molecule has 0 fully saturated rings. The molecule has 0 saturated carbocycles. The fraction of sp³-hybridized carbons (Fsp3) is 0.0870. The number of halogens is 4. The largest absolute Gasteiger partial charge is 0.479 e. The molecule has 1 aliphatic heterocycles. The lowest BCUT2D eigenvalue weighted by molar-refractivity contribution is -0.144. The van der Waals surface area contributed by atoms with Crippen LogP contribution in [0, 0.1) is 3.57 Å². The highest BCUT2D eigenvalue weighted by molar-refractivity contribution is 14.1. The van der Waals surface area contributed by atoms with Crippen molar-refractivity contribution in [3.05, 3.63) is 96.0 Å². The number of hydrogen-bond donors (Lipinski definition) is 2. The quantitative estimate of drug-likeness (QED) is 0.342. The maximum Gasteiger partial charge on any atom is 0.331 e. The van der Waals surface area contributed by atoms with Crippen LogP contribution in [0.1, 0.15) is 33.6 Å². The number of nitrogens with zero attached hydrogens (tertiary/aromatic N) is 1. The summed E-state index contributed by atoms with van der Waals surface area (Å²) in [5.74, 6) is -2.51. The van der Waals surface area contributed by atoms with Crippen molar-refractivity contribution in [3.63, 3.8) is 0 Å². The fourth-order valence-electron chi connectivity index (χ4n) is 3.71. The molecule has 0 saturated heterocycles. The highest BCUT2D eigenvalue weighted by atomic mass is 127. The number of amides is 2. The average Bonchev–Trinajstić information content (AvgIpc) is 2.86. The Hall–Kier alpha value is -2.33. The zero-order valence-electron chi connectivity index (χ0n) is 16.6. The van der Waals surface area contributed by atoms with E-state index >= 15 is 0 Å². The van der Waals surface area contributed by atoms with E-state index in [9.17, 15) is 19.5 Å². The van der Waals surface area contributed by atoms with Crippen LogP contribution in [-0.2, 0) is 9.59 Å². The van der Waals surface area contributed by atoms with Crippen LogP contribution in [-0.4, -0.2) is 27.8 Å². The molecule has 0 bridgehead atoms. The number of fused-ring (bicyclic) bond motifs is 1. The third-order valence-electron chi connectivity index (χ3n) is 5.19. The van der Waals surface area contributed by atoms with Crippen molar-refractivity contribution >= 4 is 80.9 Å². The fourth-order valence-corrected chi connectivity index (χ4v) is 4.64. The summed E-state index contributed by atoms with van der Waals surface area (Å²) in [5.41, 5.74) is 1.08. The molecule has 33 heavy (non-hydrogen) atoms. The number of nitrogens with one attached hydrogen (secondary N) is 1. The molecule has 0 aliphatic carbocycles. The molecule has 0 radical (unpaired) electrons. The smallest absolute Gasteiger partial charge is 0.331 e. The van der Waals surface area contributed by atoms with Crippen LogP contribution in [0.2, 0.25) is 15.1 Å². The molecule has 2 atom stereocenters. The van der Waals surface area contributed by atoms with Crippen molar-refractivity contribution in [1.82, 2.24) is 4.90 Å². The maximum atomic E-state index is 13.8. The third kappa shape index (κ3) is 4.68. The summed E-state index contributed by atoms with van der Waals surface area (Å²) < 4.78 is 0.750. The predicted octanol–water partition coefficient (Wildman–Crippen LogP) is 6.21. The average molecular weight is 616 g/mol. The van der Waals surface area contributed by atoms with Gasteiger partial charge >= 0.3 is 5.97 Å². The molecular formula is C23H14Cl3IN2O4. The van der Waals surface area contributed by atoms with E-state index in [1.165, 1.54) is 18.2 Å². The highest BCUT2D eigenvalue weighted by Crippen LogP contribution is 2.39. The van der Waals surface area contributed by atoms with Crippen molar-refractivity contribution in [2.75, 3.05) is 5.32 Å². The van der Waals surface area contributed by atoms with Crippen LogP contribution >= 0.6 is 57.4 Å². The van der Waals surface area contributed by atoms with E-state index < -0.39 is 29.9 Å². The van der Waals surface area contributed by atoms with Crippen molar-refractivity contribution in [2.24, 2.45) is 0 Å². The molecule has 3 aromatic rings. The van der Waals surface area contributed by atoms with E-state index in [1.807, 2.05) is 22.6 Å². The Balaban J connectivity index is 1.97. The number of carbonyl (C=O) groups excluding carboxylic acids is 2. The number of carboxylic acids is 1. The summed E-state index contributed by atoms with van der Waals surface area (Å²) in [5, 5.41) is 13.8. The van der Waals surface area contributed by atoms with Crippen molar-refractivity contribution in [3.8, 4) is 0 Å². The van der Waals surface area contributed by atoms with Crippen molar-refractivity contribution in [1.29, 1.82) is 0 Å². The molecule has 2 unspecified atom stereocenters. The second-order valence-corrected chi connectivity index (χ2v) is 9.76. The molecule has 4 rings (SSSR count). The van der Waals surface area contributed by atoms with Gasteiger partial charge in [0.2, 0.25) is 0 Å². The molecule has 0 spiro atoms. The van der Waals surface area contributed by atoms with Gasteiger partial charge < -0.3 is 15.3 Å². The molecular weight excluding hydrogens is 602 g/mol. The molecule has 2 amide bonds. The van der Waals surface area contributed by atoms with E-state index in [0.29, 0.717) is 16.3 Å². The Kier molecular flexibility index (Phi) is 6.86. The topological polar surface area (TPSA) is 86.7 Å². The summed E-state index contributed by atoms with van der Waals surface area (Å²) in [6.45, 7) is 0. The zero-order valence-corrected chi connectivity index (χ0v) is 21.0. The zero-order chi connectivity index (χ0) is 23.9. The van der Waals surface area contributed by atoms with Crippen LogP contribution in [0.5, 0.6) is 0 Å². The Labute approximate surface area is 217 Å². The van der Waals surface area contributed by atoms with Crippen LogP contribution in [0.4, 0.5) is 5.69 Å². The second-order valence-electron chi connectivity index (χ2n) is 7.26. The molecule has 1 aliphatic rings. The normalized spacial score (nSPS) is 16.6. The lowest BCUT2D eigenvalue weighted by atomic mass is 9.97. The van der Waals surface area contributed by atoms with Crippen molar-refractivity contribution in [2.45, 2.75) is 12.1 Å². The summed E-state index contributed by atoms with van der Waals surface area (Å²) in [7, 11) is 0. The van der Waals surface area contributed by atoms with Gasteiger partial charge in [0.1, 0.15) is 6.04 Å². The molecule has 2 N–H and O–H groups in total. The van der Waals surface area contributed by atoms with Gasteiger partial charge in [0.25, 0.3) is 11.8 Å². The Morgan fingerprint density at radius 3 is 2.30 bits per heavy atom. The Bertz CT molecular complexity index is 1280. The van der Waals surface area contributed by atoms with E-state index in [4.69, 9.17) is 34.8 Å². The van der Waals surface area contributed by atoms with E-state index in [-0.39, 0.29) is 21.2 Å². The van der Waals surface area contributed by atoms with Crippen LogP contribution < -0.4 is 5.32 Å². The Morgan fingerprint density at radius 2 is 1.67 bits per heavy atom. The number of rotatable bonds is 4. The third-order valence-corrected chi connectivity index (χ3v) is 6.85. The molecule has 168 valence electrons. The summed E-state index contributed by atoms with van der Waals surface area (Å²) in [6.07, 6.45) is 0. The van der Waals surface area contributed by atoms with Gasteiger partial charge in [-0.3, -0.25) is 9.59 Å². The van der Waals surface area contributed by atoms with E-state index in [1.54, 1.807) is 42.5 Å². The predicted molar refractivity (Wildman–Crippen MR) is 135 cm³/mol. The van der Waals surface area contributed by atoms with Gasteiger partial charge in [-0.15, -0.1) is 0 Å². The van der Waals surface area contributed by atoms with Gasteiger partial charge in [0.05, 0.1) is 21.3 Å². The lowest BCUT2D eigenvalue weighted by Gasteiger charge is -2.34. The number of aliphatic carboxylic acids is 1. The molecule has 6 nitrogen and oxygen atoms in total. The van der Waals surface area contributed by atoms with Gasteiger partial charge in [-0.25, -0.2) is 4.79 Å². The molecule has 3 aromatic carbocycles. The SMILES string of the molecule is O=C(O)C(c1ccc(Cl)c(Cl)c1)N1C(=O)c2cc(I)ccc2NC(=O)C1c1ccc(Cl)cc1. The van der Waals surface area contributed by atoms with Gasteiger partial charge in [0.15, 0.2) is 6.04 Å². The summed E-state index contributed by atoms with van der Waals surface area (Å²) in [4.78, 5) is 40.8. The summed E-state index contributed by atoms with van der Waals surface area (Å²) in [6, 6.07) is 12.8. The van der Waals surface area contributed by atoms with E-state index in [2.05, 4.69) is 5.32 Å². The molecule has 1 heterocycles. The first-order valence-electron chi connectivity index (χ1n) is 9.53. The second kappa shape index (κ2) is 9.50. The standard InChI is InChI=1S/C23H14Cl3IN2O4/c24-13-4-1-11(2-5-13)19-21(30)28-18-8-6-14(27)10-15(18)22(31)29(19)20(23(32)33)12-3-7-16(25)17(26)9-12/h1-10,19-20H,(H,28,30)(H,32,33). The number of carbonyl (C=O) groups is 3. The first-order chi connectivity index (χ1) is 15.7. The molecule has 0 aromatic heterocycles. The van der Waals surface area contributed by atoms with Gasteiger partial charge in [-0.05, 0) is 76.2 Å². The maximum absolute atomic E-state index is 13.8. The van der Waals surface area contributed by atoms with Gasteiger partial charge in [-0.2, -0.15) is 0 Å². The number of anilines is 1. The first-order valence-corrected chi connectivity index (χ1v) is 11.7. The number of hydrogen-bond acceptors (Lipinski definition) is 3. The van der Waals surface area contributed by atoms with Gasteiger partial charge in [-0.1, -0.05) is 53.0 Å². The minimum Gasteiger partial charge on any atom is -0.479 e. The van der Waals surface area contributed by atoms with Crippen LogP contribution in [0.15, 0.2) is 60.7 Å². The number of benzene rings is 3.